The number of nitrogens with one attached hydrogen (secondary N) is 1. The first-order chi connectivity index (χ1) is 7.57. The lowest BCUT2D eigenvalue weighted by Gasteiger charge is -2.33. The van der Waals surface area contributed by atoms with E-state index in [0.717, 1.165) is 12.8 Å². The van der Waals surface area contributed by atoms with Crippen LogP contribution in [0.4, 0.5) is 4.39 Å². The van der Waals surface area contributed by atoms with E-state index < -0.39 is 6.10 Å². The van der Waals surface area contributed by atoms with E-state index in [9.17, 15) is 9.50 Å². The predicted molar refractivity (Wildman–Crippen MR) is 59.4 cm³/mol. The summed E-state index contributed by atoms with van der Waals surface area (Å²) in [6.45, 7) is 2.18. The second kappa shape index (κ2) is 3.28. The average molecular weight is 221 g/mol. The van der Waals surface area contributed by atoms with E-state index in [1.807, 2.05) is 0 Å². The van der Waals surface area contributed by atoms with Gasteiger partial charge in [0.15, 0.2) is 0 Å². The lowest BCUT2D eigenvalue weighted by atomic mass is 9.72. The minimum absolute atomic E-state index is 0.0896. The van der Waals surface area contributed by atoms with Gasteiger partial charge in [0.05, 0.1) is 6.10 Å². The zero-order valence-corrected chi connectivity index (χ0v) is 9.28. The summed E-state index contributed by atoms with van der Waals surface area (Å²) in [4.78, 5) is 0. The van der Waals surface area contributed by atoms with Gasteiger partial charge in [0.2, 0.25) is 0 Å². The van der Waals surface area contributed by atoms with Gasteiger partial charge in [-0.1, -0.05) is 12.1 Å². The smallest absolute Gasteiger partial charge is 0.123 e. The second-order valence-corrected chi connectivity index (χ2v) is 5.40. The first-order valence-corrected chi connectivity index (χ1v) is 5.79. The molecule has 3 fully saturated rings. The molecule has 1 aromatic carbocycles. The maximum atomic E-state index is 13.1. The summed E-state index contributed by atoms with van der Waals surface area (Å²) < 4.78 is 13.1. The Labute approximate surface area is 94.5 Å². The SMILES string of the molecule is CC12CC(C1)[C@@H]([C@@H](O)c1cccc(F)c1)N2. The molecule has 0 spiro atoms. The summed E-state index contributed by atoms with van der Waals surface area (Å²) >= 11 is 0. The molecule has 4 rings (SSSR count). The summed E-state index contributed by atoms with van der Waals surface area (Å²) in [5, 5.41) is 13.7. The van der Waals surface area contributed by atoms with Crippen LogP contribution in [0.1, 0.15) is 31.4 Å². The molecule has 2 N–H and O–H groups in total. The molecule has 1 aromatic rings. The molecule has 2 nitrogen and oxygen atoms in total. The summed E-state index contributed by atoms with van der Waals surface area (Å²) in [6.07, 6.45) is 1.67. The average Bonchev–Trinajstić information content (AvgIpc) is 2.70. The van der Waals surface area contributed by atoms with E-state index in [0.29, 0.717) is 11.5 Å². The zero-order chi connectivity index (χ0) is 11.3. The molecule has 16 heavy (non-hydrogen) atoms. The molecule has 2 heterocycles. The lowest BCUT2D eigenvalue weighted by Crippen LogP contribution is -2.40. The Balaban J connectivity index is 1.81. The van der Waals surface area contributed by atoms with Crippen LogP contribution in [-0.2, 0) is 0 Å². The molecule has 2 saturated heterocycles. The summed E-state index contributed by atoms with van der Waals surface area (Å²) in [7, 11) is 0. The largest absolute Gasteiger partial charge is 0.387 e. The van der Waals surface area contributed by atoms with E-state index >= 15 is 0 Å². The number of hydrogen-bond donors (Lipinski definition) is 2. The Kier molecular flexibility index (Phi) is 2.10. The van der Waals surface area contributed by atoms with Gasteiger partial charge >= 0.3 is 0 Å². The van der Waals surface area contributed by atoms with Gasteiger partial charge in [0, 0.05) is 11.6 Å². The quantitative estimate of drug-likeness (QED) is 0.800. The standard InChI is InChI=1S/C13H16FNO/c1-13-6-9(7-13)11(15-13)12(16)8-3-2-4-10(14)5-8/h2-5,9,11-12,15-16H,6-7H2,1H3/t9?,11-,12-,13?/m0/s1. The Hall–Kier alpha value is -0.930. The molecule has 1 aliphatic carbocycles. The molecule has 2 atom stereocenters. The van der Waals surface area contributed by atoms with Gasteiger partial charge in [-0.2, -0.15) is 0 Å². The van der Waals surface area contributed by atoms with Gasteiger partial charge in [0.25, 0.3) is 0 Å². The number of hydrogen-bond acceptors (Lipinski definition) is 2. The van der Waals surface area contributed by atoms with Gasteiger partial charge in [-0.25, -0.2) is 4.39 Å². The van der Waals surface area contributed by atoms with Crippen molar-refractivity contribution in [3.05, 3.63) is 35.6 Å². The second-order valence-electron chi connectivity index (χ2n) is 5.40. The Bertz CT molecular complexity index is 414. The normalized spacial score (nSPS) is 38.2. The summed E-state index contributed by atoms with van der Waals surface area (Å²) in [5.74, 6) is 0.261. The van der Waals surface area contributed by atoms with Gasteiger partial charge in [0.1, 0.15) is 5.82 Å². The van der Waals surface area contributed by atoms with Crippen molar-refractivity contribution >= 4 is 0 Å². The van der Waals surface area contributed by atoms with Crippen molar-refractivity contribution in [3.8, 4) is 0 Å². The van der Waals surface area contributed by atoms with Crippen molar-refractivity contribution in [3.63, 3.8) is 0 Å². The van der Waals surface area contributed by atoms with E-state index in [1.54, 1.807) is 12.1 Å². The number of benzene rings is 1. The van der Waals surface area contributed by atoms with Crippen LogP contribution in [0.15, 0.2) is 24.3 Å². The first-order valence-electron chi connectivity index (χ1n) is 5.79. The Morgan fingerprint density at radius 3 is 2.81 bits per heavy atom. The molecule has 3 aliphatic rings. The number of halogens is 1. The molecule has 86 valence electrons. The lowest BCUT2D eigenvalue weighted by molar-refractivity contribution is 0.121. The fraction of sp³-hybridized carbons (Fsp3) is 0.538. The van der Waals surface area contributed by atoms with Crippen molar-refractivity contribution in [2.45, 2.75) is 37.5 Å². The van der Waals surface area contributed by atoms with Crippen LogP contribution in [-0.4, -0.2) is 16.7 Å². The van der Waals surface area contributed by atoms with Gasteiger partial charge < -0.3 is 10.4 Å². The van der Waals surface area contributed by atoms with Crippen LogP contribution >= 0.6 is 0 Å². The molecule has 2 bridgehead atoms. The van der Waals surface area contributed by atoms with Gasteiger partial charge in [-0.3, -0.25) is 0 Å². The van der Waals surface area contributed by atoms with Crippen molar-refractivity contribution in [1.82, 2.24) is 5.32 Å². The molecular formula is C13H16FNO. The van der Waals surface area contributed by atoms with Gasteiger partial charge in [-0.05, 0) is 43.4 Å². The topological polar surface area (TPSA) is 32.3 Å². The summed E-state index contributed by atoms with van der Waals surface area (Å²) in [5.41, 5.74) is 0.887. The third-order valence-corrected chi connectivity index (χ3v) is 3.98. The highest BCUT2D eigenvalue weighted by atomic mass is 19.1. The number of aliphatic hydroxyl groups is 1. The van der Waals surface area contributed by atoms with Gasteiger partial charge in [-0.15, -0.1) is 0 Å². The minimum Gasteiger partial charge on any atom is -0.387 e. The van der Waals surface area contributed by atoms with Crippen molar-refractivity contribution in [1.29, 1.82) is 0 Å². The maximum absolute atomic E-state index is 13.1. The predicted octanol–water partition coefficient (Wildman–Crippen LogP) is 2.00. The molecule has 2 aliphatic heterocycles. The highest BCUT2D eigenvalue weighted by Crippen LogP contribution is 2.50. The monoisotopic (exact) mass is 221 g/mol. The van der Waals surface area contributed by atoms with Crippen molar-refractivity contribution in [2.24, 2.45) is 5.92 Å². The van der Waals surface area contributed by atoms with Crippen LogP contribution in [0, 0.1) is 11.7 Å². The summed E-state index contributed by atoms with van der Waals surface area (Å²) in [6, 6.07) is 6.35. The van der Waals surface area contributed by atoms with E-state index in [-0.39, 0.29) is 17.4 Å². The molecule has 0 amide bonds. The molecule has 0 aromatic heterocycles. The zero-order valence-electron chi connectivity index (χ0n) is 9.28. The molecular weight excluding hydrogens is 205 g/mol. The Morgan fingerprint density at radius 2 is 2.25 bits per heavy atom. The Morgan fingerprint density at radius 1 is 1.50 bits per heavy atom. The maximum Gasteiger partial charge on any atom is 0.123 e. The third kappa shape index (κ3) is 1.46. The first kappa shape index (κ1) is 10.2. The molecule has 1 saturated carbocycles. The number of aliphatic hydroxyl groups excluding tert-OH is 1. The van der Waals surface area contributed by atoms with Crippen molar-refractivity contribution < 1.29 is 9.50 Å². The third-order valence-electron chi connectivity index (χ3n) is 3.98. The molecule has 0 radical (unpaired) electrons. The van der Waals surface area contributed by atoms with Crippen LogP contribution in [0.5, 0.6) is 0 Å². The number of rotatable bonds is 2. The fourth-order valence-electron chi connectivity index (χ4n) is 3.22. The number of fused-ring (bicyclic) bond motifs is 1. The highest BCUT2D eigenvalue weighted by molar-refractivity contribution is 5.24. The molecule has 3 heteroatoms. The van der Waals surface area contributed by atoms with Crippen LogP contribution in [0.2, 0.25) is 0 Å². The fourth-order valence-corrected chi connectivity index (χ4v) is 3.22. The van der Waals surface area contributed by atoms with Crippen LogP contribution < -0.4 is 5.32 Å². The highest BCUT2D eigenvalue weighted by Gasteiger charge is 2.54. The van der Waals surface area contributed by atoms with E-state index in [4.69, 9.17) is 0 Å². The molecule has 0 unspecified atom stereocenters. The van der Waals surface area contributed by atoms with Crippen LogP contribution in [0.25, 0.3) is 0 Å². The van der Waals surface area contributed by atoms with E-state index in [2.05, 4.69) is 12.2 Å². The van der Waals surface area contributed by atoms with Crippen LogP contribution in [0.3, 0.4) is 0 Å². The van der Waals surface area contributed by atoms with E-state index in [1.165, 1.54) is 12.1 Å². The minimum atomic E-state index is -0.593. The van der Waals surface area contributed by atoms with Crippen molar-refractivity contribution in [2.75, 3.05) is 0 Å².